The average Bonchev–Trinajstić information content (AvgIpc) is 3.19. The normalized spacial score (nSPS) is 13.9. The van der Waals surface area contributed by atoms with Gasteiger partial charge in [-0.1, -0.05) is 31.2 Å². The second-order valence-corrected chi connectivity index (χ2v) is 8.48. The predicted molar refractivity (Wildman–Crippen MR) is 125 cm³/mol. The number of nitrogens with one attached hydrogen (secondary N) is 2. The third-order valence-corrected chi connectivity index (χ3v) is 5.61. The molecule has 3 rings (SSSR count). The first kappa shape index (κ1) is 25.5. The van der Waals surface area contributed by atoms with Crippen molar-refractivity contribution >= 4 is 5.91 Å². The third-order valence-electron chi connectivity index (χ3n) is 5.61. The molecule has 0 spiro atoms. The minimum atomic E-state index is -1.02. The Morgan fingerprint density at radius 1 is 1.12 bits per heavy atom. The lowest BCUT2D eigenvalue weighted by atomic mass is 9.98. The SMILES string of the molecule is CCc1cccc([C@H](Cc2ncc(C)o2)NC[C@@H](O)C(Cc2cc(F)cc(F)c2)NC(C)=O)c1. The number of oxazole rings is 1. The molecule has 8 heteroatoms. The molecule has 0 aliphatic heterocycles. The van der Waals surface area contributed by atoms with Crippen molar-refractivity contribution in [2.75, 3.05) is 6.54 Å². The number of benzene rings is 2. The van der Waals surface area contributed by atoms with E-state index in [2.05, 4.69) is 34.7 Å². The number of hydrogen-bond acceptors (Lipinski definition) is 5. The van der Waals surface area contributed by atoms with Gasteiger partial charge in [0.05, 0.1) is 18.3 Å². The van der Waals surface area contributed by atoms with E-state index in [1.54, 1.807) is 6.20 Å². The van der Waals surface area contributed by atoms with Crippen LogP contribution in [0.4, 0.5) is 8.78 Å². The topological polar surface area (TPSA) is 87.4 Å². The highest BCUT2D eigenvalue weighted by atomic mass is 19.1. The smallest absolute Gasteiger partial charge is 0.217 e. The number of aryl methyl sites for hydroxylation is 2. The maximum Gasteiger partial charge on any atom is 0.217 e. The maximum absolute atomic E-state index is 13.6. The Morgan fingerprint density at radius 2 is 1.85 bits per heavy atom. The van der Waals surface area contributed by atoms with Gasteiger partial charge in [0.1, 0.15) is 17.4 Å². The summed E-state index contributed by atoms with van der Waals surface area (Å²) < 4.78 is 32.9. The van der Waals surface area contributed by atoms with Crippen molar-refractivity contribution in [3.63, 3.8) is 0 Å². The highest BCUT2D eigenvalue weighted by Crippen LogP contribution is 2.21. The molecule has 0 saturated heterocycles. The van der Waals surface area contributed by atoms with Crippen molar-refractivity contribution in [3.05, 3.63) is 88.6 Å². The van der Waals surface area contributed by atoms with E-state index in [-0.39, 0.29) is 24.9 Å². The van der Waals surface area contributed by atoms with Crippen LogP contribution in [0.25, 0.3) is 0 Å². The van der Waals surface area contributed by atoms with E-state index in [9.17, 15) is 18.7 Å². The Bertz CT molecular complexity index is 1080. The molecule has 2 aromatic carbocycles. The Balaban J connectivity index is 1.76. The van der Waals surface area contributed by atoms with Gasteiger partial charge in [0.25, 0.3) is 0 Å². The van der Waals surface area contributed by atoms with E-state index >= 15 is 0 Å². The molecule has 3 aromatic rings. The highest BCUT2D eigenvalue weighted by molar-refractivity contribution is 5.73. The van der Waals surface area contributed by atoms with Crippen molar-refractivity contribution < 1.29 is 23.1 Å². The quantitative estimate of drug-likeness (QED) is 0.396. The van der Waals surface area contributed by atoms with Crippen LogP contribution in [0.1, 0.15) is 48.2 Å². The molecule has 0 bridgehead atoms. The second-order valence-electron chi connectivity index (χ2n) is 8.48. The van der Waals surface area contributed by atoms with Gasteiger partial charge in [0.15, 0.2) is 5.89 Å². The Morgan fingerprint density at radius 3 is 2.47 bits per heavy atom. The fourth-order valence-electron chi connectivity index (χ4n) is 3.94. The molecule has 1 aromatic heterocycles. The van der Waals surface area contributed by atoms with Gasteiger partial charge in [-0.05, 0) is 48.6 Å². The summed E-state index contributed by atoms with van der Waals surface area (Å²) in [6.45, 7) is 5.37. The van der Waals surface area contributed by atoms with E-state index in [4.69, 9.17) is 4.42 Å². The number of carbonyl (C=O) groups excluding carboxylic acids is 1. The molecule has 1 amide bonds. The number of amides is 1. The first-order valence-electron chi connectivity index (χ1n) is 11.4. The second kappa shape index (κ2) is 11.9. The largest absolute Gasteiger partial charge is 0.446 e. The lowest BCUT2D eigenvalue weighted by Crippen LogP contribution is -2.48. The van der Waals surface area contributed by atoms with Crippen LogP contribution >= 0.6 is 0 Å². The summed E-state index contributed by atoms with van der Waals surface area (Å²) in [6, 6.07) is 10.4. The standard InChI is InChI=1S/C26H31F2N3O3/c1-4-18-6-5-7-20(8-18)23(13-26-30-14-16(2)34-26)29-15-25(33)24(31-17(3)32)11-19-9-21(27)12-22(28)10-19/h5-10,12,14,23-25,29,33H,4,11,13,15H2,1-3H3,(H,31,32)/t23-,24?,25+/m0/s1. The number of aromatic nitrogens is 1. The molecule has 182 valence electrons. The zero-order valence-electron chi connectivity index (χ0n) is 19.6. The fourth-order valence-corrected chi connectivity index (χ4v) is 3.94. The van der Waals surface area contributed by atoms with E-state index in [0.29, 0.717) is 23.6 Å². The number of aliphatic hydroxyl groups excluding tert-OH is 1. The van der Waals surface area contributed by atoms with Crippen molar-refractivity contribution in [3.8, 4) is 0 Å². The number of nitrogens with zero attached hydrogens (tertiary/aromatic N) is 1. The zero-order valence-corrected chi connectivity index (χ0v) is 19.6. The van der Waals surface area contributed by atoms with Crippen LogP contribution in [-0.2, 0) is 24.1 Å². The Labute approximate surface area is 198 Å². The monoisotopic (exact) mass is 471 g/mol. The van der Waals surface area contributed by atoms with Crippen molar-refractivity contribution in [2.24, 2.45) is 0 Å². The van der Waals surface area contributed by atoms with Gasteiger partial charge in [-0.2, -0.15) is 0 Å². The lowest BCUT2D eigenvalue weighted by Gasteiger charge is -2.27. The molecule has 1 unspecified atom stereocenters. The minimum Gasteiger partial charge on any atom is -0.446 e. The van der Waals surface area contributed by atoms with Gasteiger partial charge in [0.2, 0.25) is 5.91 Å². The van der Waals surface area contributed by atoms with Crippen LogP contribution in [0.3, 0.4) is 0 Å². The van der Waals surface area contributed by atoms with Crippen molar-refractivity contribution in [1.82, 2.24) is 15.6 Å². The Kier molecular flexibility index (Phi) is 8.90. The molecule has 1 heterocycles. The molecule has 0 radical (unpaired) electrons. The number of aliphatic hydroxyl groups is 1. The van der Waals surface area contributed by atoms with E-state index in [1.165, 1.54) is 24.6 Å². The predicted octanol–water partition coefficient (Wildman–Crippen LogP) is 3.81. The van der Waals surface area contributed by atoms with Crippen molar-refractivity contribution in [2.45, 2.75) is 58.2 Å². The van der Waals surface area contributed by atoms with Gasteiger partial charge >= 0.3 is 0 Å². The number of rotatable bonds is 11. The van der Waals surface area contributed by atoms with E-state index in [1.807, 2.05) is 19.1 Å². The summed E-state index contributed by atoms with van der Waals surface area (Å²) in [4.78, 5) is 16.0. The first-order valence-corrected chi connectivity index (χ1v) is 11.4. The van der Waals surface area contributed by atoms with E-state index in [0.717, 1.165) is 18.1 Å². The molecule has 3 atom stereocenters. The van der Waals surface area contributed by atoms with Crippen LogP contribution < -0.4 is 10.6 Å². The van der Waals surface area contributed by atoms with Gasteiger partial charge in [-0.15, -0.1) is 0 Å². The summed E-state index contributed by atoms with van der Waals surface area (Å²) in [5, 5.41) is 17.0. The number of carbonyl (C=O) groups is 1. The van der Waals surface area contributed by atoms with Gasteiger partial charge in [0, 0.05) is 32.0 Å². The molecule has 0 aliphatic carbocycles. The van der Waals surface area contributed by atoms with Gasteiger partial charge in [-0.25, -0.2) is 13.8 Å². The summed E-state index contributed by atoms with van der Waals surface area (Å²) >= 11 is 0. The van der Waals surface area contributed by atoms with Crippen LogP contribution in [0.5, 0.6) is 0 Å². The highest BCUT2D eigenvalue weighted by Gasteiger charge is 2.24. The maximum atomic E-state index is 13.6. The first-order chi connectivity index (χ1) is 16.2. The lowest BCUT2D eigenvalue weighted by molar-refractivity contribution is -0.120. The van der Waals surface area contributed by atoms with Crippen LogP contribution in [0.2, 0.25) is 0 Å². The molecular weight excluding hydrogens is 440 g/mol. The molecule has 0 saturated carbocycles. The van der Waals surface area contributed by atoms with Gasteiger partial charge in [-0.3, -0.25) is 4.79 Å². The summed E-state index contributed by atoms with van der Waals surface area (Å²) in [5.41, 5.74) is 2.54. The Hall–Kier alpha value is -3.10. The summed E-state index contributed by atoms with van der Waals surface area (Å²) in [5.74, 6) is -0.477. The minimum absolute atomic E-state index is 0.0754. The number of halogens is 2. The third kappa shape index (κ3) is 7.46. The molecular formula is C26H31F2N3O3. The van der Waals surface area contributed by atoms with E-state index < -0.39 is 23.8 Å². The summed E-state index contributed by atoms with van der Waals surface area (Å²) in [7, 11) is 0. The summed E-state index contributed by atoms with van der Waals surface area (Å²) in [6.07, 6.45) is 2.07. The van der Waals surface area contributed by atoms with Crippen LogP contribution in [-0.4, -0.2) is 34.7 Å². The molecule has 0 aliphatic rings. The molecule has 34 heavy (non-hydrogen) atoms. The van der Waals surface area contributed by atoms with Crippen LogP contribution in [0, 0.1) is 18.6 Å². The zero-order chi connectivity index (χ0) is 24.7. The molecule has 3 N–H and O–H groups in total. The van der Waals surface area contributed by atoms with Gasteiger partial charge < -0.3 is 20.2 Å². The van der Waals surface area contributed by atoms with Crippen LogP contribution in [0.15, 0.2) is 53.1 Å². The molecule has 0 fully saturated rings. The average molecular weight is 472 g/mol. The number of hydrogen-bond donors (Lipinski definition) is 3. The molecule has 6 nitrogen and oxygen atoms in total. The van der Waals surface area contributed by atoms with Crippen molar-refractivity contribution in [1.29, 1.82) is 0 Å². The fraction of sp³-hybridized carbons (Fsp3) is 0.385.